The number of aliphatic imine (C=N–C) groups is 1. The van der Waals surface area contributed by atoms with Crippen molar-refractivity contribution >= 4 is 11.8 Å². The van der Waals surface area contributed by atoms with Gasteiger partial charge < -0.3 is 20.0 Å². The molecule has 0 saturated carbocycles. The Morgan fingerprint density at radius 3 is 2.36 bits per heavy atom. The van der Waals surface area contributed by atoms with Gasteiger partial charge in [0, 0.05) is 83.8 Å². The predicted octanol–water partition coefficient (Wildman–Crippen LogP) is 2.68. The lowest BCUT2D eigenvalue weighted by atomic mass is 10.0. The van der Waals surface area contributed by atoms with Crippen LogP contribution < -0.4 is 10.2 Å². The maximum Gasteiger partial charge on any atom is 0.194 e. The van der Waals surface area contributed by atoms with E-state index >= 15 is 0 Å². The van der Waals surface area contributed by atoms with Gasteiger partial charge in [-0.1, -0.05) is 43.3 Å². The van der Waals surface area contributed by atoms with E-state index in [1.165, 1.54) is 11.1 Å². The Kier molecular flexibility index (Phi) is 8.18. The molecule has 1 unspecified atom stereocenters. The Morgan fingerprint density at radius 2 is 1.70 bits per heavy atom. The van der Waals surface area contributed by atoms with Crippen molar-refractivity contribution < 1.29 is 0 Å². The number of nitrogens with zero attached hydrogens (tertiary/aromatic N) is 6. The molecule has 1 N–H and O–H groups in total. The van der Waals surface area contributed by atoms with Gasteiger partial charge in [-0.15, -0.1) is 0 Å². The van der Waals surface area contributed by atoms with E-state index in [4.69, 9.17) is 4.98 Å². The van der Waals surface area contributed by atoms with Crippen LogP contribution in [0.5, 0.6) is 0 Å². The third-order valence-electron chi connectivity index (χ3n) is 6.94. The molecule has 2 fully saturated rings. The summed E-state index contributed by atoms with van der Waals surface area (Å²) in [6.45, 7) is 11.3. The number of rotatable bonds is 6. The van der Waals surface area contributed by atoms with Crippen LogP contribution in [0.1, 0.15) is 30.5 Å². The zero-order valence-corrected chi connectivity index (χ0v) is 20.5. The molecule has 0 spiro atoms. The van der Waals surface area contributed by atoms with Gasteiger partial charge in [-0.05, 0) is 25.1 Å². The average molecular weight is 450 g/mol. The van der Waals surface area contributed by atoms with Crippen LogP contribution in [-0.4, -0.2) is 92.1 Å². The number of guanidine groups is 1. The van der Waals surface area contributed by atoms with Gasteiger partial charge in [0.05, 0.1) is 0 Å². The Balaban J connectivity index is 1.34. The first-order valence-electron chi connectivity index (χ1n) is 12.3. The monoisotopic (exact) mass is 449 g/mol. The Bertz CT molecular complexity index is 885. The lowest BCUT2D eigenvalue weighted by Crippen LogP contribution is -2.53. The van der Waals surface area contributed by atoms with Crippen LogP contribution in [0.4, 0.5) is 5.82 Å². The van der Waals surface area contributed by atoms with Crippen molar-refractivity contribution in [2.24, 2.45) is 4.99 Å². The number of anilines is 1. The predicted molar refractivity (Wildman–Crippen MR) is 137 cm³/mol. The molecule has 2 saturated heterocycles. The van der Waals surface area contributed by atoms with Gasteiger partial charge in [-0.25, -0.2) is 4.98 Å². The van der Waals surface area contributed by atoms with Crippen LogP contribution in [0.2, 0.25) is 0 Å². The van der Waals surface area contributed by atoms with E-state index in [0.717, 1.165) is 77.1 Å². The van der Waals surface area contributed by atoms with E-state index in [0.29, 0.717) is 6.04 Å². The minimum Gasteiger partial charge on any atom is -0.354 e. The lowest BCUT2D eigenvalue weighted by Gasteiger charge is -2.40. The molecule has 33 heavy (non-hydrogen) atoms. The zero-order valence-electron chi connectivity index (χ0n) is 20.5. The number of benzene rings is 1. The number of aromatic nitrogens is 1. The molecule has 2 aromatic rings. The topological polar surface area (TPSA) is 50.2 Å². The first kappa shape index (κ1) is 23.5. The minimum atomic E-state index is 0.491. The molecule has 0 radical (unpaired) electrons. The van der Waals surface area contributed by atoms with E-state index in [1.54, 1.807) is 0 Å². The van der Waals surface area contributed by atoms with Crippen molar-refractivity contribution in [1.29, 1.82) is 0 Å². The standard InChI is InChI=1S/C26H39N7/c1-4-24(22-9-6-5-7-10-22)31-17-19-33(20-18-31)26(27-2)29-21-23-11-8-12-28-25(23)32-15-13-30(3)14-16-32/h5-12,24H,4,13-21H2,1-3H3,(H,27,29). The largest absolute Gasteiger partial charge is 0.354 e. The average Bonchev–Trinajstić information content (AvgIpc) is 2.87. The third-order valence-corrected chi connectivity index (χ3v) is 6.94. The van der Waals surface area contributed by atoms with Crippen LogP contribution in [0.15, 0.2) is 53.7 Å². The van der Waals surface area contributed by atoms with Crippen molar-refractivity contribution in [1.82, 2.24) is 25.0 Å². The second-order valence-corrected chi connectivity index (χ2v) is 9.03. The number of hydrogen-bond donors (Lipinski definition) is 1. The van der Waals surface area contributed by atoms with Crippen molar-refractivity contribution in [2.45, 2.75) is 25.9 Å². The zero-order chi connectivity index (χ0) is 23.0. The molecule has 1 aromatic carbocycles. The lowest BCUT2D eigenvalue weighted by molar-refractivity contribution is 0.127. The van der Waals surface area contributed by atoms with Crippen LogP contribution in [-0.2, 0) is 6.54 Å². The summed E-state index contributed by atoms with van der Waals surface area (Å²) in [4.78, 5) is 19.1. The normalized spacial score (nSPS) is 19.5. The number of likely N-dealkylation sites (N-methyl/N-ethyl adjacent to an activating group) is 1. The number of nitrogens with one attached hydrogen (secondary N) is 1. The molecule has 7 nitrogen and oxygen atoms in total. The molecule has 2 aliphatic rings. The molecule has 2 aliphatic heterocycles. The highest BCUT2D eigenvalue weighted by atomic mass is 15.4. The van der Waals surface area contributed by atoms with Crippen LogP contribution in [0.3, 0.4) is 0 Å². The van der Waals surface area contributed by atoms with Crippen LogP contribution in [0, 0.1) is 0 Å². The molecule has 7 heteroatoms. The van der Waals surface area contributed by atoms with Gasteiger partial charge >= 0.3 is 0 Å². The van der Waals surface area contributed by atoms with E-state index in [9.17, 15) is 0 Å². The van der Waals surface area contributed by atoms with Gasteiger partial charge in [0.25, 0.3) is 0 Å². The molecule has 0 aliphatic carbocycles. The molecule has 3 heterocycles. The van der Waals surface area contributed by atoms with Gasteiger partial charge in [0.2, 0.25) is 0 Å². The van der Waals surface area contributed by atoms with Crippen LogP contribution in [0.25, 0.3) is 0 Å². The summed E-state index contributed by atoms with van der Waals surface area (Å²) in [5.74, 6) is 2.09. The molecular formula is C26H39N7. The Labute approximate surface area is 199 Å². The summed E-state index contributed by atoms with van der Waals surface area (Å²) in [6.07, 6.45) is 3.04. The quantitative estimate of drug-likeness (QED) is 0.541. The maximum atomic E-state index is 4.72. The first-order chi connectivity index (χ1) is 16.2. The number of piperazine rings is 2. The summed E-state index contributed by atoms with van der Waals surface area (Å²) < 4.78 is 0. The molecule has 178 valence electrons. The van der Waals surface area contributed by atoms with Gasteiger partial charge in [-0.2, -0.15) is 0 Å². The number of pyridine rings is 1. The molecule has 0 bridgehead atoms. The molecule has 4 rings (SSSR count). The van der Waals surface area contributed by atoms with E-state index < -0.39 is 0 Å². The molecule has 1 aromatic heterocycles. The van der Waals surface area contributed by atoms with Gasteiger partial charge in [0.1, 0.15) is 5.82 Å². The minimum absolute atomic E-state index is 0.491. The maximum absolute atomic E-state index is 4.72. The van der Waals surface area contributed by atoms with Crippen molar-refractivity contribution in [3.05, 3.63) is 59.8 Å². The third kappa shape index (κ3) is 5.84. The molecule has 1 atom stereocenters. The smallest absolute Gasteiger partial charge is 0.194 e. The van der Waals surface area contributed by atoms with E-state index in [2.05, 4.69) is 80.3 Å². The molecular weight excluding hydrogens is 410 g/mol. The first-order valence-corrected chi connectivity index (χ1v) is 12.3. The summed E-state index contributed by atoms with van der Waals surface area (Å²) >= 11 is 0. The summed E-state index contributed by atoms with van der Waals surface area (Å²) in [5.41, 5.74) is 2.65. The second kappa shape index (κ2) is 11.5. The highest BCUT2D eigenvalue weighted by Gasteiger charge is 2.25. The van der Waals surface area contributed by atoms with Crippen LogP contribution >= 0.6 is 0 Å². The highest BCUT2D eigenvalue weighted by molar-refractivity contribution is 5.80. The fourth-order valence-electron chi connectivity index (χ4n) is 5.00. The summed E-state index contributed by atoms with van der Waals surface area (Å²) in [6, 6.07) is 15.6. The van der Waals surface area contributed by atoms with E-state index in [-0.39, 0.29) is 0 Å². The van der Waals surface area contributed by atoms with Crippen molar-refractivity contribution in [2.75, 3.05) is 71.4 Å². The van der Waals surface area contributed by atoms with Crippen molar-refractivity contribution in [3.8, 4) is 0 Å². The second-order valence-electron chi connectivity index (χ2n) is 9.03. The fraction of sp³-hybridized carbons (Fsp3) is 0.538. The van der Waals surface area contributed by atoms with Gasteiger partial charge in [0.15, 0.2) is 5.96 Å². The highest BCUT2D eigenvalue weighted by Crippen LogP contribution is 2.25. The Hall–Kier alpha value is -2.64. The number of hydrogen-bond acceptors (Lipinski definition) is 5. The summed E-state index contributed by atoms with van der Waals surface area (Å²) in [5, 5.41) is 3.61. The molecule has 0 amide bonds. The van der Waals surface area contributed by atoms with Crippen molar-refractivity contribution in [3.63, 3.8) is 0 Å². The SMILES string of the molecule is CCC(c1ccccc1)N1CCN(C(=NC)NCc2cccnc2N2CCN(C)CC2)CC1. The van der Waals surface area contributed by atoms with E-state index in [1.807, 2.05) is 19.3 Å². The Morgan fingerprint density at radius 1 is 0.970 bits per heavy atom. The van der Waals surface area contributed by atoms with Gasteiger partial charge in [-0.3, -0.25) is 9.89 Å². The fourth-order valence-corrected chi connectivity index (χ4v) is 5.00. The summed E-state index contributed by atoms with van der Waals surface area (Å²) in [7, 11) is 4.07.